The molecule has 5 nitrogen and oxygen atoms in total. The van der Waals surface area contributed by atoms with Crippen LogP contribution in [0.5, 0.6) is 11.5 Å². The fraction of sp³-hybridized carbons (Fsp3) is 0.625. The molecule has 0 amide bonds. The van der Waals surface area contributed by atoms with E-state index >= 15 is 0 Å². The first kappa shape index (κ1) is 16.1. The Morgan fingerprint density at radius 2 is 1.95 bits per heavy atom. The Kier molecular flexibility index (Phi) is 5.85. The van der Waals surface area contributed by atoms with E-state index in [1.54, 1.807) is 0 Å². The molecule has 1 aromatic carbocycles. The number of ether oxygens (including phenoxy) is 3. The van der Waals surface area contributed by atoms with Crippen molar-refractivity contribution in [1.29, 1.82) is 0 Å². The zero-order valence-corrected chi connectivity index (χ0v) is 13.1. The molecule has 0 aliphatic carbocycles. The molecule has 1 saturated heterocycles. The Hall–Kier alpha value is -1.30. The second kappa shape index (κ2) is 7.64. The van der Waals surface area contributed by atoms with E-state index in [0.717, 1.165) is 29.9 Å². The lowest BCUT2D eigenvalue weighted by atomic mass is 9.99. The van der Waals surface area contributed by atoms with Crippen molar-refractivity contribution in [3.8, 4) is 11.5 Å². The van der Waals surface area contributed by atoms with Crippen LogP contribution in [0.1, 0.15) is 45.2 Å². The van der Waals surface area contributed by atoms with Gasteiger partial charge in [-0.05, 0) is 51.3 Å². The van der Waals surface area contributed by atoms with E-state index in [1.165, 1.54) is 0 Å². The highest BCUT2D eigenvalue weighted by Crippen LogP contribution is 2.35. The summed E-state index contributed by atoms with van der Waals surface area (Å²) < 4.78 is 17.2. The van der Waals surface area contributed by atoms with Gasteiger partial charge in [0.2, 0.25) is 0 Å². The third-order valence-corrected chi connectivity index (χ3v) is 3.74. The maximum atomic E-state index is 5.93. The molecule has 1 heterocycles. The van der Waals surface area contributed by atoms with Crippen LogP contribution in [0.2, 0.25) is 0 Å². The highest BCUT2D eigenvalue weighted by molar-refractivity contribution is 5.44. The molecule has 0 aromatic heterocycles. The number of nitrogens with one attached hydrogen (secondary N) is 1. The topological polar surface area (TPSA) is 65.7 Å². The van der Waals surface area contributed by atoms with Gasteiger partial charge in [0.25, 0.3) is 0 Å². The second-order valence-corrected chi connectivity index (χ2v) is 5.28. The van der Waals surface area contributed by atoms with Crippen LogP contribution >= 0.6 is 0 Å². The van der Waals surface area contributed by atoms with Crippen molar-refractivity contribution in [3.63, 3.8) is 0 Å². The molecular formula is C16H26N2O3. The molecule has 0 bridgehead atoms. The smallest absolute Gasteiger partial charge is 0.161 e. The van der Waals surface area contributed by atoms with Crippen LogP contribution in [0, 0.1) is 0 Å². The molecule has 0 radical (unpaired) electrons. The molecule has 1 aromatic rings. The van der Waals surface area contributed by atoms with Crippen molar-refractivity contribution in [2.75, 3.05) is 13.2 Å². The van der Waals surface area contributed by atoms with Crippen molar-refractivity contribution >= 4 is 0 Å². The lowest BCUT2D eigenvalue weighted by molar-refractivity contribution is 0.0315. The highest BCUT2D eigenvalue weighted by Gasteiger charge is 2.30. The van der Waals surface area contributed by atoms with Gasteiger partial charge in [0, 0.05) is 0 Å². The maximum Gasteiger partial charge on any atom is 0.161 e. The molecule has 118 valence electrons. The first-order valence-electron chi connectivity index (χ1n) is 7.70. The quantitative estimate of drug-likeness (QED) is 0.597. The summed E-state index contributed by atoms with van der Waals surface area (Å²) in [5.74, 6) is 7.27. The van der Waals surface area contributed by atoms with Crippen LogP contribution in [0.3, 0.4) is 0 Å². The van der Waals surface area contributed by atoms with Gasteiger partial charge in [0.1, 0.15) is 0 Å². The van der Waals surface area contributed by atoms with Crippen molar-refractivity contribution < 1.29 is 14.2 Å². The van der Waals surface area contributed by atoms with Gasteiger partial charge >= 0.3 is 0 Å². The predicted octanol–water partition coefficient (Wildman–Crippen LogP) is 2.56. The molecule has 5 heteroatoms. The summed E-state index contributed by atoms with van der Waals surface area (Å²) >= 11 is 0. The SMILES string of the molecule is CCOc1ccc(C(NN)C2CCC(C)O2)cc1OCC. The van der Waals surface area contributed by atoms with Crippen molar-refractivity contribution in [3.05, 3.63) is 23.8 Å². The van der Waals surface area contributed by atoms with Crippen LogP contribution in [-0.4, -0.2) is 25.4 Å². The number of rotatable bonds is 7. The third-order valence-electron chi connectivity index (χ3n) is 3.74. The Labute approximate surface area is 126 Å². The summed E-state index contributed by atoms with van der Waals surface area (Å²) in [6.07, 6.45) is 2.46. The predicted molar refractivity (Wildman–Crippen MR) is 82.4 cm³/mol. The van der Waals surface area contributed by atoms with Crippen molar-refractivity contribution in [2.45, 2.75) is 51.9 Å². The van der Waals surface area contributed by atoms with E-state index < -0.39 is 0 Å². The van der Waals surface area contributed by atoms with E-state index in [4.69, 9.17) is 20.1 Å². The third kappa shape index (κ3) is 3.87. The molecule has 1 fully saturated rings. The largest absolute Gasteiger partial charge is 0.490 e. The molecule has 3 N–H and O–H groups in total. The van der Waals surface area contributed by atoms with E-state index in [9.17, 15) is 0 Å². The number of hydrogen-bond donors (Lipinski definition) is 2. The van der Waals surface area contributed by atoms with E-state index in [-0.39, 0.29) is 12.1 Å². The van der Waals surface area contributed by atoms with Gasteiger partial charge in [-0.2, -0.15) is 0 Å². The molecule has 21 heavy (non-hydrogen) atoms. The van der Waals surface area contributed by atoms with Crippen LogP contribution in [-0.2, 0) is 4.74 Å². The Morgan fingerprint density at radius 3 is 2.52 bits per heavy atom. The molecule has 1 aliphatic heterocycles. The summed E-state index contributed by atoms with van der Waals surface area (Å²) in [6.45, 7) is 7.23. The summed E-state index contributed by atoms with van der Waals surface area (Å²) in [5.41, 5.74) is 3.94. The molecule has 0 saturated carbocycles. The fourth-order valence-corrected chi connectivity index (χ4v) is 2.76. The van der Waals surface area contributed by atoms with Gasteiger partial charge < -0.3 is 14.2 Å². The Balaban J connectivity index is 2.22. The van der Waals surface area contributed by atoms with E-state index in [2.05, 4.69) is 12.3 Å². The molecule has 1 aliphatic rings. The normalized spacial score (nSPS) is 23.0. The molecule has 2 rings (SSSR count). The lowest BCUT2D eigenvalue weighted by Crippen LogP contribution is -2.36. The maximum absolute atomic E-state index is 5.93. The van der Waals surface area contributed by atoms with Crippen LogP contribution < -0.4 is 20.7 Å². The second-order valence-electron chi connectivity index (χ2n) is 5.28. The van der Waals surface area contributed by atoms with Crippen molar-refractivity contribution in [1.82, 2.24) is 5.43 Å². The number of benzene rings is 1. The standard InChI is InChI=1S/C16H26N2O3/c1-4-19-13-9-7-12(10-15(13)20-5-2)16(18-17)14-8-6-11(3)21-14/h7,9-11,14,16,18H,4-6,8,17H2,1-3H3. The number of hydrogen-bond acceptors (Lipinski definition) is 5. The zero-order valence-electron chi connectivity index (χ0n) is 13.1. The van der Waals surface area contributed by atoms with E-state index in [0.29, 0.717) is 19.3 Å². The summed E-state index contributed by atoms with van der Waals surface area (Å²) in [6, 6.07) is 5.91. The highest BCUT2D eigenvalue weighted by atomic mass is 16.5. The lowest BCUT2D eigenvalue weighted by Gasteiger charge is -2.24. The van der Waals surface area contributed by atoms with Crippen LogP contribution in [0.25, 0.3) is 0 Å². The number of hydrazine groups is 1. The minimum atomic E-state index is -0.0372. The van der Waals surface area contributed by atoms with Gasteiger partial charge in [0.05, 0.1) is 31.5 Å². The molecule has 0 spiro atoms. The van der Waals surface area contributed by atoms with Crippen LogP contribution in [0.4, 0.5) is 0 Å². The molecule has 3 atom stereocenters. The minimum absolute atomic E-state index is 0.0372. The van der Waals surface area contributed by atoms with Gasteiger partial charge in [-0.3, -0.25) is 11.3 Å². The average Bonchev–Trinajstić information content (AvgIpc) is 2.89. The monoisotopic (exact) mass is 294 g/mol. The Morgan fingerprint density at radius 1 is 1.24 bits per heavy atom. The first-order chi connectivity index (χ1) is 10.2. The van der Waals surface area contributed by atoms with E-state index in [1.807, 2.05) is 32.0 Å². The summed E-state index contributed by atoms with van der Waals surface area (Å²) in [7, 11) is 0. The van der Waals surface area contributed by atoms with Crippen LogP contribution in [0.15, 0.2) is 18.2 Å². The summed E-state index contributed by atoms with van der Waals surface area (Å²) in [4.78, 5) is 0. The fourth-order valence-electron chi connectivity index (χ4n) is 2.76. The van der Waals surface area contributed by atoms with Gasteiger partial charge in [0.15, 0.2) is 11.5 Å². The number of nitrogens with two attached hydrogens (primary N) is 1. The zero-order chi connectivity index (χ0) is 15.2. The first-order valence-corrected chi connectivity index (χ1v) is 7.70. The summed E-state index contributed by atoms with van der Waals surface area (Å²) in [5, 5.41) is 0. The van der Waals surface area contributed by atoms with Gasteiger partial charge in [-0.15, -0.1) is 0 Å². The molecular weight excluding hydrogens is 268 g/mol. The minimum Gasteiger partial charge on any atom is -0.490 e. The molecule has 3 unspecified atom stereocenters. The van der Waals surface area contributed by atoms with Gasteiger partial charge in [-0.25, -0.2) is 0 Å². The van der Waals surface area contributed by atoms with Gasteiger partial charge in [-0.1, -0.05) is 6.07 Å². The Bertz CT molecular complexity index is 453. The van der Waals surface area contributed by atoms with Crippen molar-refractivity contribution in [2.24, 2.45) is 5.84 Å². The average molecular weight is 294 g/mol.